The topological polar surface area (TPSA) is 68.0 Å². The highest BCUT2D eigenvalue weighted by atomic mass is 35.5. The fourth-order valence-corrected chi connectivity index (χ4v) is 3.27. The van der Waals surface area contributed by atoms with Gasteiger partial charge in [0.15, 0.2) is 5.58 Å². The van der Waals surface area contributed by atoms with E-state index in [1.165, 1.54) is 5.56 Å². The summed E-state index contributed by atoms with van der Waals surface area (Å²) in [5, 5.41) is 2.99. The van der Waals surface area contributed by atoms with Crippen molar-refractivity contribution in [3.63, 3.8) is 0 Å². The molecule has 1 N–H and O–H groups in total. The second-order valence-corrected chi connectivity index (χ2v) is 7.29. The first-order valence-corrected chi connectivity index (χ1v) is 9.85. The van der Waals surface area contributed by atoms with Crippen molar-refractivity contribution in [1.82, 2.24) is 9.97 Å². The maximum Gasteiger partial charge on any atom is 0.258 e. The lowest BCUT2D eigenvalue weighted by atomic mass is 9.98. The number of rotatable bonds is 5. The number of fused-ring (bicyclic) bond motifs is 1. The number of nitrogens with zero attached hydrogens (tertiary/aromatic N) is 2. The molecule has 4 aromatic rings. The average molecular weight is 406 g/mol. The Balaban J connectivity index is 1.54. The smallest absolute Gasteiger partial charge is 0.258 e. The predicted molar refractivity (Wildman–Crippen MR) is 115 cm³/mol. The molecule has 29 heavy (non-hydrogen) atoms. The summed E-state index contributed by atoms with van der Waals surface area (Å²) in [6.07, 6.45) is 2.62. The minimum atomic E-state index is -0.310. The zero-order valence-electron chi connectivity index (χ0n) is 16.1. The van der Waals surface area contributed by atoms with Gasteiger partial charge in [-0.2, -0.15) is 0 Å². The van der Waals surface area contributed by atoms with Crippen LogP contribution in [0.15, 0.2) is 65.2 Å². The molecule has 1 amide bonds. The summed E-state index contributed by atoms with van der Waals surface area (Å²) in [6, 6.07) is 16.8. The Morgan fingerprint density at radius 3 is 2.69 bits per heavy atom. The molecule has 0 spiro atoms. The first-order chi connectivity index (χ1) is 14.0. The van der Waals surface area contributed by atoms with Crippen molar-refractivity contribution in [3.8, 4) is 11.5 Å². The largest absolute Gasteiger partial charge is 0.436 e. The molecule has 146 valence electrons. The number of hydrogen-bond donors (Lipinski definition) is 1. The van der Waals surface area contributed by atoms with Crippen LogP contribution in [0.5, 0.6) is 0 Å². The quantitative estimate of drug-likeness (QED) is 0.395. The highest BCUT2D eigenvalue weighted by Gasteiger charge is 2.13. The second kappa shape index (κ2) is 8.05. The normalized spacial score (nSPS) is 12.1. The van der Waals surface area contributed by atoms with Crippen molar-refractivity contribution in [1.29, 1.82) is 0 Å². The molecule has 0 unspecified atom stereocenters. The SMILES string of the molecule is CC[C@@H](C)c1ccc2oc(-c3ccc(NC(=O)c4cccnc4Cl)cc3)nc2c1. The van der Waals surface area contributed by atoms with Crippen molar-refractivity contribution in [2.45, 2.75) is 26.2 Å². The number of benzene rings is 2. The Morgan fingerprint density at radius 2 is 1.97 bits per heavy atom. The average Bonchev–Trinajstić information content (AvgIpc) is 3.17. The zero-order chi connectivity index (χ0) is 20.4. The van der Waals surface area contributed by atoms with E-state index < -0.39 is 0 Å². The van der Waals surface area contributed by atoms with Crippen LogP contribution in [0.4, 0.5) is 5.69 Å². The van der Waals surface area contributed by atoms with E-state index in [0.717, 1.165) is 23.1 Å². The van der Waals surface area contributed by atoms with Crippen LogP contribution in [0, 0.1) is 0 Å². The maximum atomic E-state index is 12.4. The zero-order valence-corrected chi connectivity index (χ0v) is 16.9. The minimum absolute atomic E-state index is 0.171. The van der Waals surface area contributed by atoms with E-state index in [9.17, 15) is 4.79 Å². The van der Waals surface area contributed by atoms with E-state index in [2.05, 4.69) is 41.3 Å². The third-order valence-corrected chi connectivity index (χ3v) is 5.29. The number of anilines is 1. The first-order valence-electron chi connectivity index (χ1n) is 9.48. The van der Waals surface area contributed by atoms with Crippen molar-refractivity contribution in [2.75, 3.05) is 5.32 Å². The van der Waals surface area contributed by atoms with Crippen molar-refractivity contribution >= 4 is 34.3 Å². The van der Waals surface area contributed by atoms with Crippen molar-refractivity contribution in [3.05, 3.63) is 77.1 Å². The molecule has 0 fully saturated rings. The van der Waals surface area contributed by atoms with Crippen LogP contribution >= 0.6 is 11.6 Å². The molecule has 6 heteroatoms. The number of carbonyl (C=O) groups excluding carboxylic acids is 1. The molecule has 0 saturated carbocycles. The summed E-state index contributed by atoms with van der Waals surface area (Å²) in [7, 11) is 0. The van der Waals surface area contributed by atoms with Crippen LogP contribution < -0.4 is 5.32 Å². The molecule has 2 heterocycles. The third-order valence-electron chi connectivity index (χ3n) is 4.99. The Bertz CT molecular complexity index is 1170. The molecule has 0 aliphatic heterocycles. The van der Waals surface area contributed by atoms with Gasteiger partial charge >= 0.3 is 0 Å². The van der Waals surface area contributed by atoms with Gasteiger partial charge in [0.1, 0.15) is 10.7 Å². The van der Waals surface area contributed by atoms with E-state index in [1.54, 1.807) is 30.5 Å². The first kappa shape index (κ1) is 19.2. The molecule has 0 bridgehead atoms. The van der Waals surface area contributed by atoms with E-state index >= 15 is 0 Å². The number of pyridine rings is 1. The lowest BCUT2D eigenvalue weighted by Gasteiger charge is -2.07. The monoisotopic (exact) mass is 405 g/mol. The third kappa shape index (κ3) is 4.00. The van der Waals surface area contributed by atoms with Crippen LogP contribution in [0.3, 0.4) is 0 Å². The lowest BCUT2D eigenvalue weighted by Crippen LogP contribution is -2.12. The summed E-state index contributed by atoms with van der Waals surface area (Å²) < 4.78 is 5.90. The van der Waals surface area contributed by atoms with Gasteiger partial charge in [0.2, 0.25) is 5.89 Å². The number of carbonyl (C=O) groups is 1. The summed E-state index contributed by atoms with van der Waals surface area (Å²) in [5.41, 5.74) is 4.68. The highest BCUT2D eigenvalue weighted by Crippen LogP contribution is 2.28. The van der Waals surface area contributed by atoms with Gasteiger partial charge in [-0.05, 0) is 66.4 Å². The summed E-state index contributed by atoms with van der Waals surface area (Å²) in [5.74, 6) is 0.723. The van der Waals surface area contributed by atoms with Crippen LogP contribution in [-0.4, -0.2) is 15.9 Å². The number of hydrogen-bond acceptors (Lipinski definition) is 4. The van der Waals surface area contributed by atoms with E-state index in [-0.39, 0.29) is 11.1 Å². The standard InChI is InChI=1S/C23H20ClN3O2/c1-3-14(2)16-8-11-20-19(13-16)27-23(29-20)15-6-9-17(10-7-15)26-22(28)18-5-4-12-25-21(18)24/h4-14H,3H2,1-2H3,(H,26,28)/t14-/m1/s1. The molecule has 0 saturated heterocycles. The Hall–Kier alpha value is -3.18. The van der Waals surface area contributed by atoms with Crippen LogP contribution in [0.25, 0.3) is 22.6 Å². The maximum absolute atomic E-state index is 12.4. The molecule has 1 atom stereocenters. The van der Waals surface area contributed by atoms with Crippen LogP contribution in [0.1, 0.15) is 42.1 Å². The number of aromatic nitrogens is 2. The number of halogens is 1. The van der Waals surface area contributed by atoms with Crippen LogP contribution in [-0.2, 0) is 0 Å². The molecule has 2 aromatic carbocycles. The molecule has 0 radical (unpaired) electrons. The molecular formula is C23H20ClN3O2. The molecule has 0 aliphatic rings. The van der Waals surface area contributed by atoms with E-state index in [1.807, 2.05) is 18.2 Å². The fourth-order valence-electron chi connectivity index (χ4n) is 3.06. The number of amides is 1. The molecule has 0 aliphatic carbocycles. The van der Waals surface area contributed by atoms with Gasteiger partial charge in [-0.25, -0.2) is 9.97 Å². The molecule has 5 nitrogen and oxygen atoms in total. The van der Waals surface area contributed by atoms with E-state index in [4.69, 9.17) is 16.0 Å². The lowest BCUT2D eigenvalue weighted by molar-refractivity contribution is 0.102. The minimum Gasteiger partial charge on any atom is -0.436 e. The summed E-state index contributed by atoms with van der Waals surface area (Å²) in [6.45, 7) is 4.37. The number of oxazole rings is 1. The van der Waals surface area contributed by atoms with Crippen molar-refractivity contribution < 1.29 is 9.21 Å². The molecular weight excluding hydrogens is 386 g/mol. The Labute approximate surface area is 173 Å². The van der Waals surface area contributed by atoms with Crippen molar-refractivity contribution in [2.24, 2.45) is 0 Å². The van der Waals surface area contributed by atoms with E-state index in [0.29, 0.717) is 23.1 Å². The highest BCUT2D eigenvalue weighted by molar-refractivity contribution is 6.33. The van der Waals surface area contributed by atoms with Gasteiger partial charge in [0.05, 0.1) is 5.56 Å². The van der Waals surface area contributed by atoms with Gasteiger partial charge in [0, 0.05) is 17.4 Å². The fraction of sp³-hybridized carbons (Fsp3) is 0.174. The Kier molecular flexibility index (Phi) is 5.32. The number of nitrogens with one attached hydrogen (secondary N) is 1. The second-order valence-electron chi connectivity index (χ2n) is 6.93. The molecule has 4 rings (SSSR count). The summed E-state index contributed by atoms with van der Waals surface area (Å²) in [4.78, 5) is 20.9. The van der Waals surface area contributed by atoms with Gasteiger partial charge < -0.3 is 9.73 Å². The molecule has 2 aromatic heterocycles. The van der Waals surface area contributed by atoms with Gasteiger partial charge in [-0.1, -0.05) is 31.5 Å². The Morgan fingerprint density at radius 1 is 1.17 bits per heavy atom. The van der Waals surface area contributed by atoms with Gasteiger partial charge in [-0.15, -0.1) is 0 Å². The predicted octanol–water partition coefficient (Wildman–Crippen LogP) is 6.31. The van der Waals surface area contributed by atoms with Crippen LogP contribution in [0.2, 0.25) is 5.15 Å². The van der Waals surface area contributed by atoms with Gasteiger partial charge in [0.25, 0.3) is 5.91 Å². The van der Waals surface area contributed by atoms with Gasteiger partial charge in [-0.3, -0.25) is 4.79 Å². The summed E-state index contributed by atoms with van der Waals surface area (Å²) >= 11 is 5.98.